The molecule has 186 valence electrons. The maximum Gasteiger partial charge on any atom is 0.432 e. The van der Waals surface area contributed by atoms with Crippen LogP contribution in [0.25, 0.3) is 0 Å². The van der Waals surface area contributed by atoms with Crippen LogP contribution in [0.4, 0.5) is 22.0 Å². The van der Waals surface area contributed by atoms with E-state index < -0.39 is 51.6 Å². The van der Waals surface area contributed by atoms with E-state index in [0.29, 0.717) is 3.57 Å². The maximum absolute atomic E-state index is 13.7. The number of carbonyl (C=O) groups is 2. The number of alkyl halides is 5. The molecule has 16 heteroatoms. The summed E-state index contributed by atoms with van der Waals surface area (Å²) in [6.45, 7) is 0. The van der Waals surface area contributed by atoms with Crippen molar-refractivity contribution < 1.29 is 54.0 Å². The molecule has 0 spiro atoms. The van der Waals surface area contributed by atoms with Gasteiger partial charge in [-0.2, -0.15) is 30.4 Å². The predicted octanol–water partition coefficient (Wildman–Crippen LogP) is 5.17. The van der Waals surface area contributed by atoms with Crippen LogP contribution >= 0.6 is 67.8 Å². The number of hydrogen-bond donors (Lipinski definition) is 1. The van der Waals surface area contributed by atoms with E-state index in [1.165, 1.54) is 0 Å². The first-order chi connectivity index (χ1) is 14.9. The maximum atomic E-state index is 13.7. The second-order valence-corrected chi connectivity index (χ2v) is 12.0. The average molecular weight is 838 g/mol. The molecule has 1 fully saturated rings. The summed E-state index contributed by atoms with van der Waals surface area (Å²) in [7, 11) is -6.53. The molecular weight excluding hydrogens is 824 g/mol. The Morgan fingerprint density at radius 3 is 2.24 bits per heavy atom. The molecule has 0 bridgehead atoms. The van der Waals surface area contributed by atoms with Crippen LogP contribution in [-0.2, 0) is 24.4 Å². The van der Waals surface area contributed by atoms with Gasteiger partial charge in [0.2, 0.25) is 0 Å². The first-order valence-electron chi connectivity index (χ1n) is 8.92. The lowest BCUT2D eigenvalue weighted by Crippen LogP contribution is -2.52. The summed E-state index contributed by atoms with van der Waals surface area (Å²) < 4.78 is 108. The van der Waals surface area contributed by atoms with Gasteiger partial charge in [0.15, 0.2) is 0 Å². The molecule has 3 atom stereocenters. The zero-order valence-corrected chi connectivity index (χ0v) is 23.3. The Morgan fingerprint density at radius 1 is 1.09 bits per heavy atom. The van der Waals surface area contributed by atoms with Crippen LogP contribution in [0.1, 0.15) is 36.0 Å². The molecule has 1 aromatic rings. The van der Waals surface area contributed by atoms with Gasteiger partial charge in [-0.25, -0.2) is 4.79 Å². The molecule has 3 unspecified atom stereocenters. The molecule has 1 aliphatic carbocycles. The Morgan fingerprint density at radius 2 is 1.70 bits per heavy atom. The molecule has 7 nitrogen and oxygen atoms in total. The number of carbonyl (C=O) groups excluding carboxylic acids is 2. The lowest BCUT2D eigenvalue weighted by molar-refractivity contribution is -0.261. The van der Waals surface area contributed by atoms with Gasteiger partial charge in [-0.3, -0.25) is 9.35 Å². The van der Waals surface area contributed by atoms with E-state index in [0.717, 1.165) is 7.14 Å². The highest BCUT2D eigenvalue weighted by atomic mass is 127. The molecule has 33 heavy (non-hydrogen) atoms. The minimum atomic E-state index is -6.53. The average Bonchev–Trinajstić information content (AvgIpc) is 2.66. The molecule has 1 saturated carbocycles. The summed E-state index contributed by atoms with van der Waals surface area (Å²) in [5.74, 6) is -3.81. The topological polar surface area (TPSA) is 107 Å². The molecule has 0 amide bonds. The number of rotatable bonds is 6. The number of halogens is 8. The van der Waals surface area contributed by atoms with Gasteiger partial charge >= 0.3 is 33.5 Å². The van der Waals surface area contributed by atoms with Gasteiger partial charge in [0.1, 0.15) is 6.10 Å². The number of benzene rings is 1. The molecule has 0 aliphatic heterocycles. The van der Waals surface area contributed by atoms with Crippen molar-refractivity contribution in [1.29, 1.82) is 0 Å². The molecule has 0 saturated heterocycles. The summed E-state index contributed by atoms with van der Waals surface area (Å²) >= 11 is 5.98. The summed E-state index contributed by atoms with van der Waals surface area (Å²) in [5.41, 5.74) is 0.251. The van der Waals surface area contributed by atoms with Crippen LogP contribution in [-0.4, -0.2) is 48.5 Å². The highest BCUT2D eigenvalue weighted by Gasteiger charge is 2.66. The molecule has 1 N–H and O–H groups in total. The van der Waals surface area contributed by atoms with Crippen LogP contribution in [0, 0.1) is 16.6 Å². The van der Waals surface area contributed by atoms with Gasteiger partial charge < -0.3 is 9.47 Å². The van der Waals surface area contributed by atoms with E-state index in [1.807, 2.05) is 73.8 Å². The van der Waals surface area contributed by atoms with Gasteiger partial charge in [-0.15, -0.1) is 0 Å². The van der Waals surface area contributed by atoms with Gasteiger partial charge in [-0.05, 0) is 106 Å². The van der Waals surface area contributed by atoms with Crippen molar-refractivity contribution in [2.75, 3.05) is 0 Å². The molecule has 2 rings (SSSR count). The first kappa shape index (κ1) is 29.1. The minimum absolute atomic E-state index is 0.0480. The monoisotopic (exact) mass is 838 g/mol. The second kappa shape index (κ2) is 10.9. The van der Waals surface area contributed by atoms with Crippen molar-refractivity contribution in [3.05, 3.63) is 28.4 Å². The van der Waals surface area contributed by atoms with Crippen LogP contribution in [0.2, 0.25) is 0 Å². The van der Waals surface area contributed by atoms with E-state index in [9.17, 15) is 40.0 Å². The van der Waals surface area contributed by atoms with Gasteiger partial charge in [0.25, 0.3) is 6.10 Å². The predicted molar refractivity (Wildman–Crippen MR) is 128 cm³/mol. The summed E-state index contributed by atoms with van der Waals surface area (Å²) in [5, 5.41) is -5.81. The largest absolute Gasteiger partial charge is 0.459 e. The molecular formula is C17H14F5I3O7S. The van der Waals surface area contributed by atoms with Crippen molar-refractivity contribution >= 4 is 89.8 Å². The lowest BCUT2D eigenvalue weighted by atomic mass is 9.87. The highest BCUT2D eigenvalue weighted by Crippen LogP contribution is 2.39. The second-order valence-electron chi connectivity index (χ2n) is 7.04. The number of ether oxygens (including phenoxy) is 2. The third kappa shape index (κ3) is 7.21. The zero-order chi connectivity index (χ0) is 25.4. The Hall–Kier alpha value is -0.0900. The molecule has 0 heterocycles. The third-order valence-electron chi connectivity index (χ3n) is 4.63. The van der Waals surface area contributed by atoms with Crippen molar-refractivity contribution in [2.24, 2.45) is 5.92 Å². The Kier molecular flexibility index (Phi) is 9.62. The summed E-state index contributed by atoms with van der Waals surface area (Å²) in [6, 6.07) is 3.40. The fraction of sp³-hybridized carbons (Fsp3) is 0.529. The van der Waals surface area contributed by atoms with Crippen molar-refractivity contribution in [2.45, 2.75) is 49.3 Å². The van der Waals surface area contributed by atoms with Gasteiger partial charge in [0, 0.05) is 10.7 Å². The minimum Gasteiger partial charge on any atom is -0.459 e. The molecule has 1 aliphatic rings. The number of hydrogen-bond acceptors (Lipinski definition) is 6. The van der Waals surface area contributed by atoms with Crippen molar-refractivity contribution in [3.8, 4) is 0 Å². The Labute approximate surface area is 225 Å². The van der Waals surface area contributed by atoms with E-state index >= 15 is 0 Å². The number of esters is 2. The summed E-state index contributed by atoms with van der Waals surface area (Å²) in [6.07, 6.45) is -11.1. The summed E-state index contributed by atoms with van der Waals surface area (Å²) in [4.78, 5) is 24.8. The highest BCUT2D eigenvalue weighted by molar-refractivity contribution is 14.1. The lowest BCUT2D eigenvalue weighted by Gasteiger charge is -2.31. The standard InChI is InChI=1S/C17H14F5I3O7S/c18-16(19,20)15(17(21,22)33(28,29)30)32-13(26)7-2-1-3-9(4-7)31-14(27)10-5-8(23)6-11(24)12(10)25/h5-7,9,15H,1-4H2,(H,28,29,30). The smallest absolute Gasteiger partial charge is 0.432 e. The molecule has 1 aromatic carbocycles. The SMILES string of the molecule is O=C(OC1CCCC(C(=O)OC(C(F)(F)F)C(F)(F)S(=O)(=O)O)C1)c1cc(I)cc(I)c1I. The van der Waals surface area contributed by atoms with Crippen molar-refractivity contribution in [3.63, 3.8) is 0 Å². The van der Waals surface area contributed by atoms with Gasteiger partial charge in [0.05, 0.1) is 11.5 Å². The normalized spacial score (nSPS) is 20.8. The third-order valence-corrected chi connectivity index (χ3v) is 9.20. The molecule has 0 aromatic heterocycles. The van der Waals surface area contributed by atoms with Crippen LogP contribution in [0.15, 0.2) is 12.1 Å². The van der Waals surface area contributed by atoms with E-state index in [4.69, 9.17) is 9.29 Å². The zero-order valence-electron chi connectivity index (χ0n) is 16.0. The Bertz CT molecular complexity index is 1030. The van der Waals surface area contributed by atoms with E-state index in [2.05, 4.69) is 4.74 Å². The fourth-order valence-corrected chi connectivity index (χ4v) is 5.89. The van der Waals surface area contributed by atoms with Crippen LogP contribution in [0.3, 0.4) is 0 Å². The van der Waals surface area contributed by atoms with Crippen LogP contribution in [0.5, 0.6) is 0 Å². The van der Waals surface area contributed by atoms with Crippen LogP contribution < -0.4 is 0 Å². The van der Waals surface area contributed by atoms with E-state index in [1.54, 1.807) is 6.07 Å². The Balaban J connectivity index is 2.14. The van der Waals surface area contributed by atoms with Gasteiger partial charge in [-0.1, -0.05) is 0 Å². The fourth-order valence-electron chi connectivity index (χ4n) is 3.06. The quantitative estimate of drug-likeness (QED) is 0.139. The first-order valence-corrected chi connectivity index (χ1v) is 13.6. The van der Waals surface area contributed by atoms with E-state index in [-0.39, 0.29) is 31.2 Å². The van der Waals surface area contributed by atoms with Crippen molar-refractivity contribution in [1.82, 2.24) is 0 Å². The molecule has 0 radical (unpaired) electrons.